The van der Waals surface area contributed by atoms with Crippen LogP contribution in [0.25, 0.3) is 0 Å². The van der Waals surface area contributed by atoms with Crippen LogP contribution in [0.4, 0.5) is 0 Å². The molecular weight excluding hydrogens is 356 g/mol. The van der Waals surface area contributed by atoms with Crippen LogP contribution in [-0.2, 0) is 4.79 Å². The molecule has 1 aromatic rings. The van der Waals surface area contributed by atoms with Crippen LogP contribution < -0.4 is 5.32 Å². The summed E-state index contributed by atoms with van der Waals surface area (Å²) < 4.78 is 0. The van der Waals surface area contributed by atoms with Crippen LogP contribution in [0.3, 0.4) is 0 Å². The van der Waals surface area contributed by atoms with Crippen LogP contribution in [0.2, 0.25) is 0 Å². The largest absolute Gasteiger partial charge is 0.350 e. The number of nitrogens with one attached hydrogen (secondary N) is 1. The quantitative estimate of drug-likeness (QED) is 0.836. The van der Waals surface area contributed by atoms with Crippen molar-refractivity contribution in [3.05, 3.63) is 35.4 Å². The molecule has 5 heteroatoms. The third-order valence-corrected chi connectivity index (χ3v) is 6.88. The molecule has 1 heterocycles. The Bertz CT molecular complexity index is 675. The number of carbonyl (C=O) groups excluding carboxylic acids is 2. The summed E-state index contributed by atoms with van der Waals surface area (Å²) in [7, 11) is 0. The summed E-state index contributed by atoms with van der Waals surface area (Å²) in [5, 5.41) is 3.19. The van der Waals surface area contributed by atoms with E-state index in [1.54, 1.807) is 11.8 Å². The molecule has 1 aliphatic carbocycles. The molecule has 2 fully saturated rings. The van der Waals surface area contributed by atoms with E-state index >= 15 is 0 Å². The van der Waals surface area contributed by atoms with Gasteiger partial charge < -0.3 is 10.2 Å². The first kappa shape index (κ1) is 20.2. The molecule has 4 nitrogen and oxygen atoms in total. The first-order valence-electron chi connectivity index (χ1n) is 10.1. The molecule has 2 atom stereocenters. The fourth-order valence-corrected chi connectivity index (χ4v) is 5.71. The van der Waals surface area contributed by atoms with Crippen molar-refractivity contribution < 1.29 is 9.59 Å². The Morgan fingerprint density at radius 3 is 2.30 bits per heavy atom. The Labute approximate surface area is 167 Å². The number of rotatable bonds is 3. The zero-order valence-corrected chi connectivity index (χ0v) is 17.8. The molecular formula is C22H32N2O2S. The van der Waals surface area contributed by atoms with Crippen molar-refractivity contribution in [2.75, 3.05) is 5.75 Å². The molecule has 2 aliphatic rings. The molecule has 3 rings (SSSR count). The van der Waals surface area contributed by atoms with E-state index in [4.69, 9.17) is 0 Å². The maximum Gasteiger partial charge on any atom is 0.255 e. The van der Waals surface area contributed by atoms with Crippen LogP contribution in [0.15, 0.2) is 24.3 Å². The molecule has 0 spiro atoms. The van der Waals surface area contributed by atoms with Gasteiger partial charge in [-0.15, -0.1) is 11.8 Å². The van der Waals surface area contributed by atoms with Crippen molar-refractivity contribution in [2.24, 2.45) is 5.92 Å². The fourth-order valence-electron chi connectivity index (χ4n) is 4.07. The van der Waals surface area contributed by atoms with Crippen LogP contribution in [0, 0.1) is 12.8 Å². The van der Waals surface area contributed by atoms with Crippen molar-refractivity contribution >= 4 is 23.6 Å². The monoisotopic (exact) mass is 388 g/mol. The Morgan fingerprint density at radius 2 is 1.70 bits per heavy atom. The molecule has 0 aromatic heterocycles. The average Bonchev–Trinajstić information content (AvgIpc) is 3.06. The first-order valence-corrected chi connectivity index (χ1v) is 11.1. The topological polar surface area (TPSA) is 49.4 Å². The zero-order valence-electron chi connectivity index (χ0n) is 17.0. The van der Waals surface area contributed by atoms with Crippen molar-refractivity contribution in [1.29, 1.82) is 0 Å². The first-order chi connectivity index (χ1) is 12.8. The molecule has 27 heavy (non-hydrogen) atoms. The van der Waals surface area contributed by atoms with Crippen LogP contribution in [-0.4, -0.2) is 39.4 Å². The fraction of sp³-hybridized carbons (Fsp3) is 0.636. The second-order valence-corrected chi connectivity index (χ2v) is 10.1. The SMILES string of the molecule is Cc1ccc(C(=O)N2C(C(=O)NC(C)(C)C)CSC2C2CCCCC2)cc1. The number of benzene rings is 1. The highest BCUT2D eigenvalue weighted by molar-refractivity contribution is 8.00. The van der Waals surface area contributed by atoms with Gasteiger partial charge in [-0.25, -0.2) is 0 Å². The standard InChI is InChI=1S/C22H32N2O2S/c1-15-10-12-16(13-11-15)20(26)24-18(19(25)23-22(2,3)4)14-27-21(24)17-8-6-5-7-9-17/h10-13,17-18,21H,5-9,14H2,1-4H3,(H,23,25). The van der Waals surface area contributed by atoms with E-state index in [1.807, 2.05) is 56.9 Å². The Hall–Kier alpha value is -1.49. The number of aryl methyl sites for hydroxylation is 1. The van der Waals surface area contributed by atoms with Gasteiger partial charge in [-0.1, -0.05) is 37.0 Å². The molecule has 1 aromatic carbocycles. The van der Waals surface area contributed by atoms with E-state index in [1.165, 1.54) is 19.3 Å². The molecule has 1 aliphatic heterocycles. The average molecular weight is 389 g/mol. The van der Waals surface area contributed by atoms with E-state index in [-0.39, 0.29) is 22.7 Å². The predicted octanol–water partition coefficient (Wildman–Crippen LogP) is 4.37. The Morgan fingerprint density at radius 1 is 1.07 bits per heavy atom. The minimum absolute atomic E-state index is 0.00960. The Kier molecular flexibility index (Phi) is 6.19. The van der Waals surface area contributed by atoms with Crippen molar-refractivity contribution in [3.63, 3.8) is 0 Å². The van der Waals surface area contributed by atoms with Gasteiger partial charge in [0.25, 0.3) is 5.91 Å². The predicted molar refractivity (Wildman–Crippen MR) is 112 cm³/mol. The highest BCUT2D eigenvalue weighted by Crippen LogP contribution is 2.41. The van der Waals surface area contributed by atoms with Gasteiger partial charge in [0, 0.05) is 16.9 Å². The van der Waals surface area contributed by atoms with Crippen molar-refractivity contribution in [3.8, 4) is 0 Å². The summed E-state index contributed by atoms with van der Waals surface area (Å²) in [6.07, 6.45) is 6.06. The number of amides is 2. The van der Waals surface area contributed by atoms with Gasteiger partial charge in [0.05, 0.1) is 5.37 Å². The lowest BCUT2D eigenvalue weighted by molar-refractivity contribution is -0.126. The lowest BCUT2D eigenvalue weighted by Crippen LogP contribution is -2.54. The lowest BCUT2D eigenvalue weighted by atomic mass is 9.88. The number of nitrogens with zero attached hydrogens (tertiary/aromatic N) is 1. The summed E-state index contributed by atoms with van der Waals surface area (Å²) in [5.74, 6) is 1.13. The van der Waals surface area contributed by atoms with Gasteiger partial charge in [0.1, 0.15) is 6.04 Å². The normalized spacial score (nSPS) is 24.1. The van der Waals surface area contributed by atoms with Gasteiger partial charge in [-0.2, -0.15) is 0 Å². The number of hydrogen-bond acceptors (Lipinski definition) is 3. The highest BCUT2D eigenvalue weighted by atomic mass is 32.2. The molecule has 2 amide bonds. The van der Waals surface area contributed by atoms with Gasteiger partial charge in [0.2, 0.25) is 5.91 Å². The maximum absolute atomic E-state index is 13.4. The van der Waals surface area contributed by atoms with Crippen LogP contribution in [0.1, 0.15) is 68.8 Å². The summed E-state index contributed by atoms with van der Waals surface area (Å²) in [6.45, 7) is 7.97. The Balaban J connectivity index is 1.87. The molecule has 148 valence electrons. The molecule has 1 saturated carbocycles. The molecule has 0 bridgehead atoms. The zero-order chi connectivity index (χ0) is 19.6. The van der Waals surface area contributed by atoms with Crippen molar-refractivity contribution in [1.82, 2.24) is 10.2 Å². The van der Waals surface area contributed by atoms with Gasteiger partial charge in [-0.3, -0.25) is 9.59 Å². The second kappa shape index (κ2) is 8.26. The van der Waals surface area contributed by atoms with Crippen LogP contribution >= 0.6 is 11.8 Å². The van der Waals surface area contributed by atoms with Gasteiger partial charge in [-0.05, 0) is 58.6 Å². The minimum atomic E-state index is -0.394. The summed E-state index contributed by atoms with van der Waals surface area (Å²) >= 11 is 1.79. The van der Waals surface area contributed by atoms with E-state index in [2.05, 4.69) is 5.32 Å². The highest BCUT2D eigenvalue weighted by Gasteiger charge is 2.45. The van der Waals surface area contributed by atoms with E-state index in [0.29, 0.717) is 17.2 Å². The molecule has 1 saturated heterocycles. The van der Waals surface area contributed by atoms with E-state index in [9.17, 15) is 9.59 Å². The molecule has 2 unspecified atom stereocenters. The molecule has 0 radical (unpaired) electrons. The third kappa shape index (κ3) is 4.87. The lowest BCUT2D eigenvalue weighted by Gasteiger charge is -2.36. The van der Waals surface area contributed by atoms with E-state index in [0.717, 1.165) is 18.4 Å². The number of thioether (sulfide) groups is 1. The minimum Gasteiger partial charge on any atom is -0.350 e. The van der Waals surface area contributed by atoms with Crippen molar-refractivity contribution in [2.45, 2.75) is 76.8 Å². The third-order valence-electron chi connectivity index (χ3n) is 5.42. The van der Waals surface area contributed by atoms with Gasteiger partial charge in [0.15, 0.2) is 0 Å². The summed E-state index contributed by atoms with van der Waals surface area (Å²) in [6, 6.07) is 7.32. The number of hydrogen-bond donors (Lipinski definition) is 1. The smallest absolute Gasteiger partial charge is 0.255 e. The van der Waals surface area contributed by atoms with Gasteiger partial charge >= 0.3 is 0 Å². The summed E-state index contributed by atoms with van der Waals surface area (Å²) in [5.41, 5.74) is 1.51. The molecule has 1 N–H and O–H groups in total. The maximum atomic E-state index is 13.4. The second-order valence-electron chi connectivity index (χ2n) is 8.96. The number of carbonyl (C=O) groups is 2. The van der Waals surface area contributed by atoms with Crippen LogP contribution in [0.5, 0.6) is 0 Å². The summed E-state index contributed by atoms with van der Waals surface area (Å²) in [4.78, 5) is 28.3. The van der Waals surface area contributed by atoms with E-state index < -0.39 is 6.04 Å².